The van der Waals surface area contributed by atoms with Gasteiger partial charge in [-0.25, -0.2) is 0 Å². The standard InChI is InChI=1S/C17H16BrCl3N2O/c1-10-3-8-14(11(2)9-10)22-16(17(19,20)21)23-15(24)12-4-6-13(18)7-5-12/h3-9,16,22H,1-2H3,(H,23,24)/t16-/m1/s1. The molecule has 0 saturated heterocycles. The number of halogens is 4. The first-order valence-corrected chi connectivity index (χ1v) is 9.06. The van der Waals surface area contributed by atoms with E-state index in [9.17, 15) is 4.79 Å². The highest BCUT2D eigenvalue weighted by Gasteiger charge is 2.34. The Bertz CT molecular complexity index is 730. The molecule has 0 unspecified atom stereocenters. The molecule has 2 aromatic carbocycles. The molecule has 24 heavy (non-hydrogen) atoms. The molecule has 0 heterocycles. The van der Waals surface area contributed by atoms with E-state index < -0.39 is 9.96 Å². The van der Waals surface area contributed by atoms with Crippen molar-refractivity contribution in [2.45, 2.75) is 23.8 Å². The molecule has 0 aliphatic carbocycles. The van der Waals surface area contributed by atoms with Crippen LogP contribution < -0.4 is 10.6 Å². The van der Waals surface area contributed by atoms with Gasteiger partial charge in [-0.1, -0.05) is 68.4 Å². The molecule has 0 saturated carbocycles. The van der Waals surface area contributed by atoms with Gasteiger partial charge >= 0.3 is 0 Å². The average Bonchev–Trinajstić information content (AvgIpc) is 2.48. The molecule has 3 nitrogen and oxygen atoms in total. The van der Waals surface area contributed by atoms with E-state index >= 15 is 0 Å². The van der Waals surface area contributed by atoms with Crippen LogP contribution in [-0.2, 0) is 0 Å². The van der Waals surface area contributed by atoms with E-state index in [1.807, 2.05) is 32.0 Å². The van der Waals surface area contributed by atoms with Crippen LogP contribution in [0.25, 0.3) is 0 Å². The summed E-state index contributed by atoms with van der Waals surface area (Å²) in [4.78, 5) is 12.4. The van der Waals surface area contributed by atoms with Crippen molar-refractivity contribution in [1.82, 2.24) is 5.32 Å². The number of anilines is 1. The highest BCUT2D eigenvalue weighted by molar-refractivity contribution is 9.10. The van der Waals surface area contributed by atoms with Gasteiger partial charge in [0, 0.05) is 15.7 Å². The maximum absolute atomic E-state index is 12.4. The van der Waals surface area contributed by atoms with Gasteiger partial charge in [-0.15, -0.1) is 0 Å². The number of nitrogens with one attached hydrogen (secondary N) is 2. The quantitative estimate of drug-likeness (QED) is 0.470. The van der Waals surface area contributed by atoms with Gasteiger partial charge in [0.05, 0.1) is 0 Å². The Labute approximate surface area is 164 Å². The van der Waals surface area contributed by atoms with E-state index in [1.165, 1.54) is 0 Å². The van der Waals surface area contributed by atoms with Crippen molar-refractivity contribution in [3.63, 3.8) is 0 Å². The Kier molecular flexibility index (Phi) is 6.43. The van der Waals surface area contributed by atoms with E-state index in [0.29, 0.717) is 5.56 Å². The predicted octanol–water partition coefficient (Wildman–Crippen LogP) is 5.60. The summed E-state index contributed by atoms with van der Waals surface area (Å²) in [5.74, 6) is -0.337. The number of hydrogen-bond donors (Lipinski definition) is 2. The van der Waals surface area contributed by atoms with Gasteiger partial charge in [0.1, 0.15) is 6.17 Å². The van der Waals surface area contributed by atoms with Crippen molar-refractivity contribution < 1.29 is 4.79 Å². The first kappa shape index (κ1) is 19.4. The van der Waals surface area contributed by atoms with Crippen LogP contribution in [0.5, 0.6) is 0 Å². The summed E-state index contributed by atoms with van der Waals surface area (Å²) in [7, 11) is 0. The molecule has 1 amide bonds. The Morgan fingerprint density at radius 3 is 2.25 bits per heavy atom. The fourth-order valence-corrected chi connectivity index (χ4v) is 2.74. The van der Waals surface area contributed by atoms with Crippen LogP contribution in [0.3, 0.4) is 0 Å². The van der Waals surface area contributed by atoms with Crippen LogP contribution >= 0.6 is 50.7 Å². The van der Waals surface area contributed by atoms with Gasteiger partial charge in [0.2, 0.25) is 3.79 Å². The summed E-state index contributed by atoms with van der Waals surface area (Å²) in [6.45, 7) is 3.94. The summed E-state index contributed by atoms with van der Waals surface area (Å²) < 4.78 is -0.840. The minimum Gasteiger partial charge on any atom is -0.362 e. The summed E-state index contributed by atoms with van der Waals surface area (Å²) in [6.07, 6.45) is -0.889. The summed E-state index contributed by atoms with van der Waals surface area (Å²) in [5.41, 5.74) is 3.38. The number of carbonyl (C=O) groups excluding carboxylic acids is 1. The molecule has 2 rings (SSSR count). The number of hydrogen-bond acceptors (Lipinski definition) is 2. The third kappa shape index (κ3) is 5.28. The second-order valence-corrected chi connectivity index (χ2v) is 8.70. The summed E-state index contributed by atoms with van der Waals surface area (Å²) >= 11 is 21.4. The third-order valence-electron chi connectivity index (χ3n) is 3.39. The minimum absolute atomic E-state index is 0.337. The monoisotopic (exact) mass is 448 g/mol. The SMILES string of the molecule is Cc1ccc(N[C@H](NC(=O)c2ccc(Br)cc2)C(Cl)(Cl)Cl)c(C)c1. The minimum atomic E-state index is -1.72. The molecular formula is C17H16BrCl3N2O. The largest absolute Gasteiger partial charge is 0.362 e. The smallest absolute Gasteiger partial charge is 0.252 e. The lowest BCUT2D eigenvalue weighted by Crippen LogP contribution is -2.49. The molecular weight excluding hydrogens is 434 g/mol. The molecule has 0 spiro atoms. The third-order valence-corrected chi connectivity index (χ3v) is 4.57. The molecule has 0 fully saturated rings. The highest BCUT2D eigenvalue weighted by atomic mass is 79.9. The molecule has 2 N–H and O–H groups in total. The van der Waals surface area contributed by atoms with Crippen molar-refractivity contribution in [2.75, 3.05) is 5.32 Å². The molecule has 7 heteroatoms. The van der Waals surface area contributed by atoms with Gasteiger partial charge in [0.15, 0.2) is 0 Å². The fraction of sp³-hybridized carbons (Fsp3) is 0.235. The maximum atomic E-state index is 12.4. The van der Waals surface area contributed by atoms with Crippen LogP contribution in [-0.4, -0.2) is 15.9 Å². The summed E-state index contributed by atoms with van der Waals surface area (Å²) in [5, 5.41) is 5.81. The highest BCUT2D eigenvalue weighted by Crippen LogP contribution is 2.32. The molecule has 0 aliphatic rings. The topological polar surface area (TPSA) is 41.1 Å². The van der Waals surface area contributed by atoms with Crippen molar-refractivity contribution in [3.8, 4) is 0 Å². The number of rotatable bonds is 4. The Balaban J connectivity index is 2.19. The van der Waals surface area contributed by atoms with E-state index in [4.69, 9.17) is 34.8 Å². The average molecular weight is 451 g/mol. The molecule has 1 atom stereocenters. The Morgan fingerprint density at radius 2 is 1.71 bits per heavy atom. The van der Waals surface area contributed by atoms with E-state index in [2.05, 4.69) is 26.6 Å². The number of aryl methyl sites for hydroxylation is 2. The number of benzene rings is 2. The zero-order chi connectivity index (χ0) is 17.9. The molecule has 0 aromatic heterocycles. The van der Waals surface area contributed by atoms with Gasteiger partial charge in [-0.3, -0.25) is 4.79 Å². The molecule has 2 aromatic rings. The van der Waals surface area contributed by atoms with Crippen molar-refractivity contribution in [2.24, 2.45) is 0 Å². The lowest BCUT2D eigenvalue weighted by atomic mass is 10.1. The second-order valence-electron chi connectivity index (χ2n) is 5.42. The first-order chi connectivity index (χ1) is 11.2. The van der Waals surface area contributed by atoms with Crippen molar-refractivity contribution in [1.29, 1.82) is 0 Å². The number of alkyl halides is 3. The fourth-order valence-electron chi connectivity index (χ4n) is 2.15. The van der Waals surface area contributed by atoms with E-state index in [0.717, 1.165) is 21.3 Å². The number of amides is 1. The lowest BCUT2D eigenvalue weighted by Gasteiger charge is -2.28. The van der Waals surface area contributed by atoms with E-state index in [-0.39, 0.29) is 5.91 Å². The predicted molar refractivity (Wildman–Crippen MR) is 105 cm³/mol. The van der Waals surface area contributed by atoms with Gasteiger partial charge in [-0.2, -0.15) is 0 Å². The van der Waals surface area contributed by atoms with Crippen LogP contribution in [0.2, 0.25) is 0 Å². The normalized spacial score (nSPS) is 12.6. The van der Waals surface area contributed by atoms with Crippen LogP contribution in [0.15, 0.2) is 46.9 Å². The van der Waals surface area contributed by atoms with Crippen molar-refractivity contribution in [3.05, 3.63) is 63.6 Å². The zero-order valence-corrected chi connectivity index (χ0v) is 16.9. The Hall–Kier alpha value is -0.940. The number of carbonyl (C=O) groups is 1. The van der Waals surface area contributed by atoms with Gasteiger partial charge < -0.3 is 10.6 Å². The Morgan fingerprint density at radius 1 is 1.08 bits per heavy atom. The molecule has 128 valence electrons. The second kappa shape index (κ2) is 7.96. The maximum Gasteiger partial charge on any atom is 0.252 e. The zero-order valence-electron chi connectivity index (χ0n) is 13.0. The molecule has 0 radical (unpaired) electrons. The first-order valence-electron chi connectivity index (χ1n) is 7.14. The van der Waals surface area contributed by atoms with Crippen LogP contribution in [0, 0.1) is 13.8 Å². The van der Waals surface area contributed by atoms with Crippen LogP contribution in [0.1, 0.15) is 21.5 Å². The van der Waals surface area contributed by atoms with Crippen molar-refractivity contribution >= 4 is 62.3 Å². The lowest BCUT2D eigenvalue weighted by molar-refractivity contribution is 0.0942. The van der Waals surface area contributed by atoms with Gasteiger partial charge in [-0.05, 0) is 49.7 Å². The molecule has 0 bridgehead atoms. The van der Waals surface area contributed by atoms with E-state index in [1.54, 1.807) is 24.3 Å². The van der Waals surface area contributed by atoms with Gasteiger partial charge in [0.25, 0.3) is 5.91 Å². The van der Waals surface area contributed by atoms with Crippen LogP contribution in [0.4, 0.5) is 5.69 Å². The summed E-state index contributed by atoms with van der Waals surface area (Å²) in [6, 6.07) is 12.8. The molecule has 0 aliphatic heterocycles.